The number of nitrogens with zero attached hydrogens (tertiary/aromatic N) is 1. The molecule has 3 aromatic rings. The summed E-state index contributed by atoms with van der Waals surface area (Å²) in [6.45, 7) is 1.81. The standard InChI is InChI=1S/C23H22N4O4/c1-14(24)16-5-3-15(4-6-16)9-10-23(21(29)25-22(30)26-23)13-27-12-17-7-8-18(31-2)11-19(17)20(27)28/h3-8,11-12,14,28H,13,24H2,1-2H3,(H2,25,26,29,30)/t14-,23+/m0/s1. The SMILES string of the molecule is COc1ccc2cn(C[C@@]3(C#Cc4ccc([C@H](C)N)cc4)NC(=O)NC3=O)c(O)c2c1. The van der Waals surface area contributed by atoms with Crippen molar-refractivity contribution in [2.45, 2.75) is 25.0 Å². The van der Waals surface area contributed by atoms with Crippen molar-refractivity contribution in [3.05, 3.63) is 59.8 Å². The number of ether oxygens (including phenoxy) is 1. The quantitative estimate of drug-likeness (QED) is 0.382. The maximum absolute atomic E-state index is 12.7. The molecule has 2 aromatic carbocycles. The van der Waals surface area contributed by atoms with Gasteiger partial charge in [-0.25, -0.2) is 4.79 Å². The number of hydrogen-bond acceptors (Lipinski definition) is 5. The van der Waals surface area contributed by atoms with Crippen LogP contribution in [-0.2, 0) is 11.3 Å². The van der Waals surface area contributed by atoms with Gasteiger partial charge in [-0.2, -0.15) is 0 Å². The second kappa shape index (κ2) is 7.70. The molecule has 158 valence electrons. The number of hydrogen-bond donors (Lipinski definition) is 4. The van der Waals surface area contributed by atoms with Gasteiger partial charge >= 0.3 is 6.03 Å². The van der Waals surface area contributed by atoms with Crippen LogP contribution in [0.4, 0.5) is 4.79 Å². The second-order valence-electron chi connectivity index (χ2n) is 7.51. The van der Waals surface area contributed by atoms with Crippen molar-refractivity contribution in [1.29, 1.82) is 0 Å². The van der Waals surface area contributed by atoms with Gasteiger partial charge in [0.25, 0.3) is 5.91 Å². The van der Waals surface area contributed by atoms with Crippen molar-refractivity contribution in [2.75, 3.05) is 7.11 Å². The summed E-state index contributed by atoms with van der Waals surface area (Å²) < 4.78 is 6.70. The largest absolute Gasteiger partial charge is 0.497 e. The third-order valence-electron chi connectivity index (χ3n) is 5.27. The molecule has 1 aromatic heterocycles. The molecule has 5 N–H and O–H groups in total. The maximum Gasteiger partial charge on any atom is 0.323 e. The number of aromatic hydroxyl groups is 1. The van der Waals surface area contributed by atoms with Crippen LogP contribution in [0.15, 0.2) is 48.7 Å². The summed E-state index contributed by atoms with van der Waals surface area (Å²) in [5.74, 6) is 5.82. The number of rotatable bonds is 4. The minimum Gasteiger partial charge on any atom is -0.497 e. The first-order chi connectivity index (χ1) is 14.8. The molecular weight excluding hydrogens is 396 g/mol. The van der Waals surface area contributed by atoms with E-state index >= 15 is 0 Å². The smallest absolute Gasteiger partial charge is 0.323 e. The fraction of sp³-hybridized carbons (Fsp3) is 0.217. The van der Waals surface area contributed by atoms with Gasteiger partial charge < -0.3 is 25.5 Å². The van der Waals surface area contributed by atoms with Gasteiger partial charge in [0.1, 0.15) is 5.75 Å². The molecule has 1 saturated heterocycles. The Labute approximate surface area is 179 Å². The highest BCUT2D eigenvalue weighted by Crippen LogP contribution is 2.32. The molecule has 4 rings (SSSR count). The number of urea groups is 1. The molecule has 0 radical (unpaired) electrons. The summed E-state index contributed by atoms with van der Waals surface area (Å²) in [7, 11) is 1.54. The van der Waals surface area contributed by atoms with E-state index < -0.39 is 17.5 Å². The monoisotopic (exact) mass is 418 g/mol. The van der Waals surface area contributed by atoms with Crippen LogP contribution in [0.5, 0.6) is 11.6 Å². The third-order valence-corrected chi connectivity index (χ3v) is 5.27. The molecule has 8 heteroatoms. The molecule has 0 saturated carbocycles. The molecule has 1 aliphatic rings. The molecule has 8 nitrogen and oxygen atoms in total. The molecule has 0 bridgehead atoms. The number of amides is 3. The van der Waals surface area contributed by atoms with Gasteiger partial charge in [0.05, 0.1) is 13.7 Å². The normalized spacial score (nSPS) is 18.8. The fourth-order valence-corrected chi connectivity index (χ4v) is 3.51. The highest BCUT2D eigenvalue weighted by Gasteiger charge is 2.46. The molecule has 1 aliphatic heterocycles. The minimum atomic E-state index is -1.53. The summed E-state index contributed by atoms with van der Waals surface area (Å²) in [6, 6.07) is 11.9. The van der Waals surface area contributed by atoms with Crippen LogP contribution in [-0.4, -0.2) is 34.3 Å². The Morgan fingerprint density at radius 1 is 1.23 bits per heavy atom. The molecular formula is C23H22N4O4. The number of carbonyl (C=O) groups is 2. The number of aromatic nitrogens is 1. The predicted octanol–water partition coefficient (Wildman–Crippen LogP) is 2.01. The first-order valence-electron chi connectivity index (χ1n) is 9.69. The molecule has 0 spiro atoms. The van der Waals surface area contributed by atoms with E-state index in [1.807, 2.05) is 31.2 Å². The lowest BCUT2D eigenvalue weighted by Gasteiger charge is -2.20. The molecule has 31 heavy (non-hydrogen) atoms. The van der Waals surface area contributed by atoms with Crippen LogP contribution < -0.4 is 21.1 Å². The van der Waals surface area contributed by atoms with E-state index in [1.165, 1.54) is 4.57 Å². The number of benzene rings is 2. The Kier molecular flexibility index (Phi) is 5.05. The van der Waals surface area contributed by atoms with Crippen LogP contribution >= 0.6 is 0 Å². The zero-order valence-electron chi connectivity index (χ0n) is 17.1. The Bertz CT molecular complexity index is 1230. The number of methoxy groups -OCH3 is 1. The zero-order valence-corrected chi connectivity index (χ0v) is 17.1. The van der Waals surface area contributed by atoms with Gasteiger partial charge in [0, 0.05) is 28.6 Å². The lowest BCUT2D eigenvalue weighted by atomic mass is 9.99. The van der Waals surface area contributed by atoms with Crippen LogP contribution in [0, 0.1) is 11.8 Å². The van der Waals surface area contributed by atoms with E-state index in [4.69, 9.17) is 10.5 Å². The van der Waals surface area contributed by atoms with E-state index in [9.17, 15) is 14.7 Å². The van der Waals surface area contributed by atoms with Crippen LogP contribution in [0.2, 0.25) is 0 Å². The zero-order chi connectivity index (χ0) is 22.2. The first kappa shape index (κ1) is 20.3. The molecule has 2 heterocycles. The summed E-state index contributed by atoms with van der Waals surface area (Å²) in [6.07, 6.45) is 1.70. The highest BCUT2D eigenvalue weighted by atomic mass is 16.5. The predicted molar refractivity (Wildman–Crippen MR) is 115 cm³/mol. The number of fused-ring (bicyclic) bond motifs is 1. The van der Waals surface area contributed by atoms with Crippen molar-refractivity contribution in [2.24, 2.45) is 5.73 Å². The van der Waals surface area contributed by atoms with Crippen molar-refractivity contribution >= 4 is 22.7 Å². The maximum atomic E-state index is 12.7. The fourth-order valence-electron chi connectivity index (χ4n) is 3.51. The van der Waals surface area contributed by atoms with E-state index in [0.717, 1.165) is 10.9 Å². The molecule has 0 unspecified atom stereocenters. The summed E-state index contributed by atoms with van der Waals surface area (Å²) in [4.78, 5) is 24.6. The van der Waals surface area contributed by atoms with Gasteiger partial charge in [-0.1, -0.05) is 24.0 Å². The van der Waals surface area contributed by atoms with Gasteiger partial charge in [-0.15, -0.1) is 0 Å². The summed E-state index contributed by atoms with van der Waals surface area (Å²) in [5.41, 5.74) is 5.97. The summed E-state index contributed by atoms with van der Waals surface area (Å²) >= 11 is 0. The third kappa shape index (κ3) is 3.79. The van der Waals surface area contributed by atoms with E-state index in [-0.39, 0.29) is 18.5 Å². The number of carbonyl (C=O) groups excluding carboxylic acids is 2. The van der Waals surface area contributed by atoms with Crippen molar-refractivity contribution in [1.82, 2.24) is 15.2 Å². The topological polar surface area (TPSA) is 119 Å². The molecule has 3 amide bonds. The lowest BCUT2D eigenvalue weighted by molar-refractivity contribution is -0.122. The van der Waals surface area contributed by atoms with E-state index in [0.29, 0.717) is 16.7 Å². The highest BCUT2D eigenvalue weighted by molar-refractivity contribution is 6.09. The lowest BCUT2D eigenvalue weighted by Crippen LogP contribution is -2.49. The Morgan fingerprint density at radius 2 is 1.97 bits per heavy atom. The molecule has 1 fully saturated rings. The average molecular weight is 418 g/mol. The number of imide groups is 1. The average Bonchev–Trinajstić information content (AvgIpc) is 3.21. The van der Waals surface area contributed by atoms with E-state index in [2.05, 4.69) is 22.5 Å². The second-order valence-corrected chi connectivity index (χ2v) is 7.51. The Morgan fingerprint density at radius 3 is 2.58 bits per heavy atom. The number of nitrogens with one attached hydrogen (secondary N) is 2. The Hall–Kier alpha value is -3.96. The van der Waals surface area contributed by atoms with Crippen LogP contribution in [0.25, 0.3) is 10.8 Å². The van der Waals surface area contributed by atoms with Gasteiger partial charge in [0.2, 0.25) is 5.54 Å². The van der Waals surface area contributed by atoms with Crippen LogP contribution in [0.3, 0.4) is 0 Å². The van der Waals surface area contributed by atoms with E-state index in [1.54, 1.807) is 31.5 Å². The van der Waals surface area contributed by atoms with Crippen molar-refractivity contribution in [3.63, 3.8) is 0 Å². The molecule has 2 atom stereocenters. The van der Waals surface area contributed by atoms with Crippen molar-refractivity contribution in [3.8, 4) is 23.5 Å². The van der Waals surface area contributed by atoms with Crippen molar-refractivity contribution < 1.29 is 19.4 Å². The molecule has 0 aliphatic carbocycles. The summed E-state index contributed by atoms with van der Waals surface area (Å²) in [5, 5.41) is 16.9. The van der Waals surface area contributed by atoms with Gasteiger partial charge in [-0.3, -0.25) is 10.1 Å². The van der Waals surface area contributed by atoms with Gasteiger partial charge in [-0.05, 0) is 42.8 Å². The van der Waals surface area contributed by atoms with Gasteiger partial charge in [0.15, 0.2) is 5.88 Å². The van der Waals surface area contributed by atoms with Crippen LogP contribution in [0.1, 0.15) is 24.1 Å². The Balaban J connectivity index is 1.71. The minimum absolute atomic E-state index is 0.0506. The number of nitrogens with two attached hydrogens (primary N) is 1. The first-order valence-corrected chi connectivity index (χ1v) is 9.69.